The van der Waals surface area contributed by atoms with Gasteiger partial charge in [-0.15, -0.1) is 11.3 Å². The number of hydrogen-bond donors (Lipinski definition) is 0. The van der Waals surface area contributed by atoms with Crippen molar-refractivity contribution in [2.75, 3.05) is 0 Å². The maximum absolute atomic E-state index is 5.27. The molecule has 2 aliphatic heterocycles. The summed E-state index contributed by atoms with van der Waals surface area (Å²) in [6, 6.07) is 64.4. The van der Waals surface area contributed by atoms with Crippen molar-refractivity contribution in [1.29, 1.82) is 0 Å². The second kappa shape index (κ2) is 12.3. The van der Waals surface area contributed by atoms with E-state index in [4.69, 9.17) is 15.0 Å². The first kappa shape index (κ1) is 30.7. The van der Waals surface area contributed by atoms with E-state index in [9.17, 15) is 0 Å². The molecule has 5 heteroatoms. The molecule has 9 aromatic rings. The summed E-state index contributed by atoms with van der Waals surface area (Å²) in [6.45, 7) is 0. The van der Waals surface area contributed by atoms with Gasteiger partial charge in [0.05, 0.1) is 26.1 Å². The van der Waals surface area contributed by atoms with Crippen molar-refractivity contribution >= 4 is 53.3 Å². The van der Waals surface area contributed by atoms with E-state index in [1.807, 2.05) is 29.5 Å². The van der Waals surface area contributed by atoms with Gasteiger partial charge in [-0.1, -0.05) is 127 Å². The highest BCUT2D eigenvalue weighted by molar-refractivity contribution is 7.24. The summed E-state index contributed by atoms with van der Waals surface area (Å²) in [6.07, 6.45) is 0. The molecule has 252 valence electrons. The minimum absolute atomic E-state index is 0.630. The van der Waals surface area contributed by atoms with Gasteiger partial charge >= 0.3 is 0 Å². The molecule has 0 spiro atoms. The molecule has 0 bridgehead atoms. The van der Waals surface area contributed by atoms with Crippen LogP contribution < -0.4 is 0 Å². The Bertz CT molecular complexity index is 3090. The van der Waals surface area contributed by atoms with Crippen molar-refractivity contribution in [3.05, 3.63) is 182 Å². The minimum atomic E-state index is 0.630. The summed E-state index contributed by atoms with van der Waals surface area (Å²) in [5, 5.41) is 4.88. The van der Waals surface area contributed by atoms with Gasteiger partial charge in [0, 0.05) is 27.5 Å². The van der Waals surface area contributed by atoms with E-state index in [2.05, 4.69) is 168 Å². The number of nitrogens with zero attached hydrogens (tertiary/aromatic N) is 4. The smallest absolute Gasteiger partial charge is 0.164 e. The van der Waals surface area contributed by atoms with Crippen LogP contribution in [0.2, 0.25) is 0 Å². The van der Waals surface area contributed by atoms with Gasteiger partial charge in [-0.2, -0.15) is 0 Å². The number of hydrogen-bond acceptors (Lipinski definition) is 4. The minimum Gasteiger partial charge on any atom is -0.306 e. The number of para-hydroxylation sites is 1. The summed E-state index contributed by atoms with van der Waals surface area (Å²) >= 11 is 1.85. The Hall–Kier alpha value is -6.95. The fraction of sp³-hybridized carbons (Fsp3) is 0. The molecule has 1 aromatic heterocycles. The van der Waals surface area contributed by atoms with Crippen molar-refractivity contribution in [2.24, 2.45) is 0 Å². The zero-order valence-electron chi connectivity index (χ0n) is 29.0. The Morgan fingerprint density at radius 1 is 0.352 bits per heavy atom. The summed E-state index contributed by atoms with van der Waals surface area (Å²) in [5.74, 6) is 1.90. The molecule has 0 aliphatic carbocycles. The van der Waals surface area contributed by atoms with Crippen LogP contribution in [0.5, 0.6) is 0 Å². The maximum Gasteiger partial charge on any atom is 0.164 e. The van der Waals surface area contributed by atoms with E-state index >= 15 is 0 Å². The molecule has 0 amide bonds. The van der Waals surface area contributed by atoms with Gasteiger partial charge < -0.3 is 4.57 Å². The van der Waals surface area contributed by atoms with Crippen molar-refractivity contribution in [1.82, 2.24) is 19.5 Å². The van der Waals surface area contributed by atoms with Crippen LogP contribution in [0.1, 0.15) is 0 Å². The lowest BCUT2D eigenvalue weighted by atomic mass is 9.95. The van der Waals surface area contributed by atoms with Crippen LogP contribution in [0.25, 0.3) is 104 Å². The van der Waals surface area contributed by atoms with Crippen LogP contribution in [-0.2, 0) is 0 Å². The second-order valence-electron chi connectivity index (χ2n) is 13.7. The standard InChI is InChI=1S/C49H30N4S/c1-4-13-31(14-5-1)36-27-37(32-15-6-2-7-16-32)29-38(28-36)49-51-47(34-17-8-3-9-18-34)50-48(52-49)35-23-25-41-40(30-35)39-20-12-19-33-24-26-44-46(45(33)39)53(41)42-21-10-11-22-43(42)54-44/h1-30H. The van der Waals surface area contributed by atoms with Crippen molar-refractivity contribution < 1.29 is 0 Å². The molecule has 0 atom stereocenters. The number of rotatable bonds is 5. The van der Waals surface area contributed by atoms with E-state index < -0.39 is 0 Å². The maximum atomic E-state index is 5.27. The summed E-state index contributed by atoms with van der Waals surface area (Å²) in [4.78, 5) is 15.6. The van der Waals surface area contributed by atoms with Gasteiger partial charge in [0.2, 0.25) is 0 Å². The molecular formula is C49H30N4S. The number of pyridine rings is 1. The second-order valence-corrected chi connectivity index (χ2v) is 14.7. The quantitative estimate of drug-likeness (QED) is 0.132. The highest BCUT2D eigenvalue weighted by Gasteiger charge is 2.21. The first-order valence-corrected chi connectivity index (χ1v) is 18.9. The van der Waals surface area contributed by atoms with Gasteiger partial charge in [-0.3, -0.25) is 0 Å². The molecule has 3 heterocycles. The number of aromatic nitrogens is 4. The largest absolute Gasteiger partial charge is 0.306 e. The van der Waals surface area contributed by atoms with Crippen LogP contribution >= 0.6 is 11.3 Å². The molecular weight excluding hydrogens is 677 g/mol. The van der Waals surface area contributed by atoms with Crippen LogP contribution in [0.3, 0.4) is 0 Å². The third-order valence-corrected chi connectivity index (χ3v) is 11.5. The lowest BCUT2D eigenvalue weighted by molar-refractivity contribution is 1.07. The molecule has 2 aliphatic rings. The topological polar surface area (TPSA) is 43.6 Å². The van der Waals surface area contributed by atoms with Gasteiger partial charge in [0.1, 0.15) is 0 Å². The van der Waals surface area contributed by atoms with Crippen LogP contribution in [0, 0.1) is 0 Å². The van der Waals surface area contributed by atoms with E-state index in [0.29, 0.717) is 17.5 Å². The monoisotopic (exact) mass is 706 g/mol. The summed E-state index contributed by atoms with van der Waals surface area (Å²) in [7, 11) is 0. The van der Waals surface area contributed by atoms with Crippen molar-refractivity contribution in [3.8, 4) is 62.1 Å². The van der Waals surface area contributed by atoms with E-state index in [1.54, 1.807) is 0 Å². The first-order chi connectivity index (χ1) is 26.7. The van der Waals surface area contributed by atoms with Gasteiger partial charge in [0.15, 0.2) is 17.5 Å². The molecule has 0 saturated carbocycles. The Morgan fingerprint density at radius 2 is 0.944 bits per heavy atom. The Balaban J connectivity index is 1.18. The molecule has 0 radical (unpaired) electrons. The molecule has 11 rings (SSSR count). The molecule has 54 heavy (non-hydrogen) atoms. The Labute approximate surface area is 315 Å². The molecule has 0 fully saturated rings. The molecule has 0 N–H and O–H groups in total. The Morgan fingerprint density at radius 3 is 1.65 bits per heavy atom. The SMILES string of the molecule is c1ccc(-c2cc(-c3ccccc3)cc(-c3nc(-c4ccccc4)nc(-c4ccc5c(c4)c4cccc6ccc7sc8ccccc8n5-c7c64)n3)c2)cc1. The zero-order valence-corrected chi connectivity index (χ0v) is 29.8. The summed E-state index contributed by atoms with van der Waals surface area (Å²) < 4.78 is 4.97. The molecule has 0 saturated heterocycles. The van der Waals surface area contributed by atoms with E-state index in [0.717, 1.165) is 49.8 Å². The zero-order chi connectivity index (χ0) is 35.6. The lowest BCUT2D eigenvalue weighted by Gasteiger charge is -2.23. The Kier molecular flexibility index (Phi) is 7.00. The highest BCUT2D eigenvalue weighted by Crippen LogP contribution is 2.44. The average Bonchev–Trinajstić information content (AvgIpc) is 3.26. The summed E-state index contributed by atoms with van der Waals surface area (Å²) in [5.41, 5.74) is 10.9. The first-order valence-electron chi connectivity index (χ1n) is 18.1. The molecule has 8 aromatic carbocycles. The normalized spacial score (nSPS) is 11.7. The predicted molar refractivity (Wildman–Crippen MR) is 225 cm³/mol. The molecule has 4 nitrogen and oxygen atoms in total. The third-order valence-electron chi connectivity index (χ3n) is 10.4. The lowest BCUT2D eigenvalue weighted by Crippen LogP contribution is -2.05. The third kappa shape index (κ3) is 5.01. The van der Waals surface area contributed by atoms with Crippen molar-refractivity contribution in [2.45, 2.75) is 0 Å². The van der Waals surface area contributed by atoms with E-state index in [1.165, 1.54) is 36.8 Å². The van der Waals surface area contributed by atoms with Crippen LogP contribution in [0.4, 0.5) is 0 Å². The highest BCUT2D eigenvalue weighted by atomic mass is 32.1. The number of benzene rings is 8. The fourth-order valence-corrected chi connectivity index (χ4v) is 8.95. The van der Waals surface area contributed by atoms with E-state index in [-0.39, 0.29) is 0 Å². The van der Waals surface area contributed by atoms with Gasteiger partial charge in [-0.05, 0) is 87.6 Å². The number of fused-ring (bicyclic) bond motifs is 5. The van der Waals surface area contributed by atoms with Crippen LogP contribution in [0.15, 0.2) is 182 Å². The predicted octanol–water partition coefficient (Wildman–Crippen LogP) is 13.1. The van der Waals surface area contributed by atoms with Gasteiger partial charge in [-0.25, -0.2) is 15.0 Å². The fourth-order valence-electron chi connectivity index (χ4n) is 7.87. The van der Waals surface area contributed by atoms with Crippen molar-refractivity contribution in [3.63, 3.8) is 0 Å². The van der Waals surface area contributed by atoms with Crippen LogP contribution in [-0.4, -0.2) is 19.5 Å². The average molecular weight is 707 g/mol. The van der Waals surface area contributed by atoms with Gasteiger partial charge in [0.25, 0.3) is 0 Å². The molecule has 0 unspecified atom stereocenters.